The third-order valence-electron chi connectivity index (χ3n) is 5.09. The summed E-state index contributed by atoms with van der Waals surface area (Å²) in [7, 11) is 0. The van der Waals surface area contributed by atoms with E-state index in [1.165, 1.54) is 49.8 Å². The molecule has 3 aliphatic rings. The van der Waals surface area contributed by atoms with Gasteiger partial charge in [-0.25, -0.2) is 0 Å². The van der Waals surface area contributed by atoms with Crippen LogP contribution >= 0.6 is 0 Å². The minimum absolute atomic E-state index is 0.428. The predicted octanol–water partition coefficient (Wildman–Crippen LogP) is 2.48. The molecule has 4 nitrogen and oxygen atoms in total. The Morgan fingerprint density at radius 3 is 3.05 bits per heavy atom. The van der Waals surface area contributed by atoms with Crippen LogP contribution in [0.2, 0.25) is 0 Å². The molecule has 2 saturated carbocycles. The predicted molar refractivity (Wildman–Crippen MR) is 83.4 cm³/mol. The van der Waals surface area contributed by atoms with Crippen LogP contribution in [-0.4, -0.2) is 36.3 Å². The molecule has 2 unspecified atom stereocenters. The molecule has 1 N–H and O–H groups in total. The summed E-state index contributed by atoms with van der Waals surface area (Å²) < 4.78 is 6.00. The average Bonchev–Trinajstić information content (AvgIpc) is 3.37. The zero-order chi connectivity index (χ0) is 14.1. The molecule has 1 aliphatic heterocycles. The van der Waals surface area contributed by atoms with Crippen molar-refractivity contribution in [1.82, 2.24) is 10.3 Å². The van der Waals surface area contributed by atoms with Crippen molar-refractivity contribution in [2.45, 2.75) is 63.3 Å². The molecule has 2 atom stereocenters. The fourth-order valence-corrected chi connectivity index (χ4v) is 3.76. The summed E-state index contributed by atoms with van der Waals surface area (Å²) in [6.45, 7) is 2.83. The van der Waals surface area contributed by atoms with E-state index in [2.05, 4.69) is 27.5 Å². The lowest BCUT2D eigenvalue weighted by Gasteiger charge is -2.45. The van der Waals surface area contributed by atoms with Crippen molar-refractivity contribution in [3.05, 3.63) is 24.0 Å². The van der Waals surface area contributed by atoms with Crippen LogP contribution in [0.3, 0.4) is 0 Å². The van der Waals surface area contributed by atoms with Gasteiger partial charge in [0.1, 0.15) is 0 Å². The van der Waals surface area contributed by atoms with Crippen LogP contribution in [0.5, 0.6) is 0 Å². The molecule has 2 heterocycles. The van der Waals surface area contributed by atoms with Gasteiger partial charge in [0, 0.05) is 25.3 Å². The van der Waals surface area contributed by atoms with Crippen LogP contribution < -0.4 is 10.2 Å². The summed E-state index contributed by atoms with van der Waals surface area (Å²) in [5.74, 6) is 0. The van der Waals surface area contributed by atoms with Crippen molar-refractivity contribution in [3.63, 3.8) is 0 Å². The fourth-order valence-electron chi connectivity index (χ4n) is 3.76. The largest absolute Gasteiger partial charge is 0.374 e. The number of rotatable bonds is 4. The second-order valence-electron chi connectivity index (χ2n) is 6.61. The lowest BCUT2D eigenvalue weighted by Crippen LogP contribution is -2.53. The van der Waals surface area contributed by atoms with Crippen molar-refractivity contribution >= 4 is 5.69 Å². The number of pyridine rings is 1. The average molecular weight is 287 g/mol. The Morgan fingerprint density at radius 1 is 1.24 bits per heavy atom. The van der Waals surface area contributed by atoms with E-state index in [0.717, 1.165) is 25.7 Å². The minimum atomic E-state index is 0.428. The molecular formula is C17H25N3O. The van der Waals surface area contributed by atoms with E-state index in [1.807, 2.05) is 6.20 Å². The first kappa shape index (κ1) is 13.5. The van der Waals surface area contributed by atoms with Gasteiger partial charge in [-0.1, -0.05) is 12.8 Å². The van der Waals surface area contributed by atoms with Crippen LogP contribution in [0.15, 0.2) is 18.5 Å². The molecule has 1 aromatic heterocycles. The normalized spacial score (nSPS) is 29.2. The van der Waals surface area contributed by atoms with E-state index >= 15 is 0 Å². The number of hydrogen-bond acceptors (Lipinski definition) is 4. The first-order chi connectivity index (χ1) is 10.4. The van der Waals surface area contributed by atoms with E-state index in [9.17, 15) is 0 Å². The summed E-state index contributed by atoms with van der Waals surface area (Å²) in [5, 5.41) is 3.64. The molecule has 2 aliphatic carbocycles. The monoisotopic (exact) mass is 287 g/mol. The van der Waals surface area contributed by atoms with E-state index in [-0.39, 0.29) is 0 Å². The van der Waals surface area contributed by atoms with Crippen molar-refractivity contribution in [1.29, 1.82) is 0 Å². The molecular weight excluding hydrogens is 262 g/mol. The zero-order valence-corrected chi connectivity index (χ0v) is 12.6. The Bertz CT molecular complexity index is 487. The Kier molecular flexibility index (Phi) is 3.82. The van der Waals surface area contributed by atoms with Crippen molar-refractivity contribution < 1.29 is 4.74 Å². The maximum atomic E-state index is 6.00. The summed E-state index contributed by atoms with van der Waals surface area (Å²) in [5.41, 5.74) is 2.72. The highest BCUT2D eigenvalue weighted by Crippen LogP contribution is 2.33. The van der Waals surface area contributed by atoms with Gasteiger partial charge in [0.25, 0.3) is 0 Å². The molecule has 4 rings (SSSR count). The Balaban J connectivity index is 1.55. The topological polar surface area (TPSA) is 37.4 Å². The molecule has 21 heavy (non-hydrogen) atoms. The van der Waals surface area contributed by atoms with Gasteiger partial charge >= 0.3 is 0 Å². The number of aromatic nitrogens is 1. The lowest BCUT2D eigenvalue weighted by atomic mass is 9.89. The van der Waals surface area contributed by atoms with Crippen LogP contribution in [0.4, 0.5) is 5.69 Å². The highest BCUT2D eigenvalue weighted by Gasteiger charge is 2.35. The van der Waals surface area contributed by atoms with Gasteiger partial charge in [-0.3, -0.25) is 4.98 Å². The number of hydrogen-bond donors (Lipinski definition) is 1. The Labute approximate surface area is 126 Å². The molecule has 0 aromatic carbocycles. The van der Waals surface area contributed by atoms with Crippen molar-refractivity contribution in [3.8, 4) is 0 Å². The molecule has 0 amide bonds. The third kappa shape index (κ3) is 2.92. The summed E-state index contributed by atoms with van der Waals surface area (Å²) >= 11 is 0. The smallest absolute Gasteiger partial charge is 0.0779 e. The quantitative estimate of drug-likeness (QED) is 0.923. The number of morpholine rings is 1. The van der Waals surface area contributed by atoms with Gasteiger partial charge in [-0.05, 0) is 37.3 Å². The molecule has 0 bridgehead atoms. The summed E-state index contributed by atoms with van der Waals surface area (Å²) in [6.07, 6.45) is 12.2. The van der Waals surface area contributed by atoms with Crippen LogP contribution in [0.25, 0.3) is 0 Å². The second kappa shape index (κ2) is 5.93. The fraction of sp³-hybridized carbons (Fsp3) is 0.706. The highest BCUT2D eigenvalue weighted by atomic mass is 16.5. The Hall–Kier alpha value is -1.13. The van der Waals surface area contributed by atoms with E-state index < -0.39 is 0 Å². The number of nitrogens with one attached hydrogen (secondary N) is 1. The van der Waals surface area contributed by atoms with Crippen molar-refractivity contribution in [2.75, 3.05) is 18.1 Å². The molecule has 3 fully saturated rings. The van der Waals surface area contributed by atoms with Gasteiger partial charge < -0.3 is 15.0 Å². The molecule has 4 heteroatoms. The van der Waals surface area contributed by atoms with Gasteiger partial charge in [0.2, 0.25) is 0 Å². The molecule has 1 saturated heterocycles. The van der Waals surface area contributed by atoms with Gasteiger partial charge in [-0.15, -0.1) is 0 Å². The highest BCUT2D eigenvalue weighted by molar-refractivity contribution is 5.53. The number of nitrogens with zero attached hydrogens (tertiary/aromatic N) is 2. The number of fused-ring (bicyclic) bond motifs is 1. The standard InChI is InChI=1S/C17H25N3O/c1-2-4-17-15(3-1)20(9-10-21-17)16-12-18-8-7-13(16)11-19-14-5-6-14/h7-8,12,14-15,17,19H,1-6,9-11H2. The number of anilines is 1. The maximum absolute atomic E-state index is 6.00. The zero-order valence-electron chi connectivity index (χ0n) is 12.6. The first-order valence-electron chi connectivity index (χ1n) is 8.46. The van der Waals surface area contributed by atoms with Crippen LogP contribution in [0.1, 0.15) is 44.1 Å². The van der Waals surface area contributed by atoms with Crippen LogP contribution in [-0.2, 0) is 11.3 Å². The van der Waals surface area contributed by atoms with Gasteiger partial charge in [-0.2, -0.15) is 0 Å². The molecule has 114 valence electrons. The SMILES string of the molecule is c1cc(CNC2CC2)c(N2CCOC3CCCCC32)cn1. The molecule has 0 spiro atoms. The van der Waals surface area contributed by atoms with Crippen LogP contribution in [0, 0.1) is 0 Å². The van der Waals surface area contributed by atoms with E-state index in [1.54, 1.807) is 0 Å². The van der Waals surface area contributed by atoms with Gasteiger partial charge in [0.15, 0.2) is 0 Å². The van der Waals surface area contributed by atoms with E-state index in [4.69, 9.17) is 4.74 Å². The van der Waals surface area contributed by atoms with Crippen molar-refractivity contribution in [2.24, 2.45) is 0 Å². The third-order valence-corrected chi connectivity index (χ3v) is 5.09. The summed E-state index contributed by atoms with van der Waals surface area (Å²) in [4.78, 5) is 6.96. The first-order valence-corrected chi connectivity index (χ1v) is 8.46. The van der Waals surface area contributed by atoms with E-state index in [0.29, 0.717) is 12.1 Å². The maximum Gasteiger partial charge on any atom is 0.0779 e. The van der Waals surface area contributed by atoms with Gasteiger partial charge in [0.05, 0.1) is 30.6 Å². The molecule has 0 radical (unpaired) electrons. The Morgan fingerprint density at radius 2 is 2.14 bits per heavy atom. The summed E-state index contributed by atoms with van der Waals surface area (Å²) in [6, 6.07) is 3.48. The second-order valence-corrected chi connectivity index (χ2v) is 6.61. The molecule has 1 aromatic rings. The number of ether oxygens (including phenoxy) is 1. The lowest BCUT2D eigenvalue weighted by molar-refractivity contribution is -0.00876. The minimum Gasteiger partial charge on any atom is -0.374 e.